The fourth-order valence-corrected chi connectivity index (χ4v) is 1.56. The molecule has 0 amide bonds. The second-order valence-electron chi connectivity index (χ2n) is 4.88. The van der Waals surface area contributed by atoms with Crippen LogP contribution in [-0.4, -0.2) is 37.6 Å². The molecule has 2 N–H and O–H groups in total. The van der Waals surface area contributed by atoms with Crippen molar-refractivity contribution in [1.82, 2.24) is 15.6 Å². The summed E-state index contributed by atoms with van der Waals surface area (Å²) in [5.41, 5.74) is 0.965. The van der Waals surface area contributed by atoms with E-state index in [0.717, 1.165) is 24.0 Å². The van der Waals surface area contributed by atoms with Crippen molar-refractivity contribution in [2.75, 3.05) is 25.5 Å². The van der Waals surface area contributed by atoms with Crippen molar-refractivity contribution in [2.45, 2.75) is 33.4 Å². The third kappa shape index (κ3) is 5.59. The van der Waals surface area contributed by atoms with Gasteiger partial charge in [-0.1, -0.05) is 6.07 Å². The van der Waals surface area contributed by atoms with E-state index in [1.54, 1.807) is 0 Å². The van der Waals surface area contributed by atoms with Crippen molar-refractivity contribution < 1.29 is 0 Å². The largest absolute Gasteiger partial charge is 0.363 e. The quantitative estimate of drug-likeness (QED) is 0.626. The number of pyridine rings is 1. The van der Waals surface area contributed by atoms with Gasteiger partial charge in [-0.3, -0.25) is 0 Å². The molecule has 0 fully saturated rings. The van der Waals surface area contributed by atoms with Crippen molar-refractivity contribution >= 4 is 11.8 Å². The summed E-state index contributed by atoms with van der Waals surface area (Å²) in [6, 6.07) is 6.36. The summed E-state index contributed by atoms with van der Waals surface area (Å²) in [6.45, 7) is 7.67. The maximum Gasteiger partial charge on any atom is 0.191 e. The molecule has 0 aliphatic carbocycles. The minimum absolute atomic E-state index is 0.360. The molecule has 1 aromatic rings. The van der Waals surface area contributed by atoms with Gasteiger partial charge in [0.15, 0.2) is 5.96 Å². The number of hydrogen-bond donors (Lipinski definition) is 2. The van der Waals surface area contributed by atoms with Gasteiger partial charge in [-0.05, 0) is 32.9 Å². The highest BCUT2D eigenvalue weighted by atomic mass is 15.2. The number of aliphatic imine (C=N–C) groups is 1. The van der Waals surface area contributed by atoms with E-state index in [2.05, 4.69) is 41.4 Å². The second kappa shape index (κ2) is 7.61. The van der Waals surface area contributed by atoms with E-state index in [-0.39, 0.29) is 0 Å². The van der Waals surface area contributed by atoms with E-state index < -0.39 is 0 Å². The zero-order chi connectivity index (χ0) is 14.3. The molecule has 0 spiro atoms. The molecule has 5 nitrogen and oxygen atoms in total. The van der Waals surface area contributed by atoms with Gasteiger partial charge in [-0.25, -0.2) is 9.98 Å². The Bertz CT molecular complexity index is 412. The number of nitrogens with zero attached hydrogens (tertiary/aromatic N) is 3. The van der Waals surface area contributed by atoms with Crippen LogP contribution in [0.3, 0.4) is 0 Å². The monoisotopic (exact) mass is 263 g/mol. The van der Waals surface area contributed by atoms with Gasteiger partial charge in [0.05, 0.1) is 12.2 Å². The summed E-state index contributed by atoms with van der Waals surface area (Å²) in [5.74, 6) is 1.78. The number of guanidine groups is 1. The molecule has 0 aliphatic rings. The lowest BCUT2D eigenvalue weighted by molar-refractivity contribution is 0.700. The van der Waals surface area contributed by atoms with Crippen molar-refractivity contribution in [1.29, 1.82) is 0 Å². The summed E-state index contributed by atoms with van der Waals surface area (Å²) in [7, 11) is 3.97. The van der Waals surface area contributed by atoms with E-state index in [1.807, 2.05) is 37.2 Å². The van der Waals surface area contributed by atoms with Gasteiger partial charge in [-0.15, -0.1) is 0 Å². The van der Waals surface area contributed by atoms with E-state index >= 15 is 0 Å². The molecular formula is C14H25N5. The summed E-state index contributed by atoms with van der Waals surface area (Å²) in [5, 5.41) is 6.51. The Balaban J connectivity index is 2.73. The van der Waals surface area contributed by atoms with Crippen molar-refractivity contribution in [3.05, 3.63) is 23.9 Å². The first kappa shape index (κ1) is 15.3. The van der Waals surface area contributed by atoms with Crippen LogP contribution in [-0.2, 0) is 6.54 Å². The predicted molar refractivity (Wildman–Crippen MR) is 81.7 cm³/mol. The topological polar surface area (TPSA) is 52.6 Å². The molecule has 1 aromatic heterocycles. The van der Waals surface area contributed by atoms with Gasteiger partial charge < -0.3 is 15.5 Å². The van der Waals surface area contributed by atoms with Crippen LogP contribution in [0.2, 0.25) is 0 Å². The van der Waals surface area contributed by atoms with E-state index in [4.69, 9.17) is 0 Å². The summed E-state index contributed by atoms with van der Waals surface area (Å²) in [6.07, 6.45) is 0. The maximum absolute atomic E-state index is 4.55. The first-order valence-corrected chi connectivity index (χ1v) is 6.71. The number of nitrogens with one attached hydrogen (secondary N) is 2. The molecule has 106 valence electrons. The molecule has 0 unspecified atom stereocenters. The SMILES string of the molecule is CCNC(=NCc1cccc(N(C)C)n1)NC(C)C. The lowest BCUT2D eigenvalue weighted by Crippen LogP contribution is -2.41. The van der Waals surface area contributed by atoms with Gasteiger partial charge in [0.1, 0.15) is 5.82 Å². The predicted octanol–water partition coefficient (Wildman–Crippen LogP) is 1.61. The zero-order valence-electron chi connectivity index (χ0n) is 12.6. The van der Waals surface area contributed by atoms with E-state index in [1.165, 1.54) is 0 Å². The Morgan fingerprint density at radius 3 is 2.68 bits per heavy atom. The minimum Gasteiger partial charge on any atom is -0.363 e. The Hall–Kier alpha value is -1.78. The van der Waals surface area contributed by atoms with Crippen molar-refractivity contribution in [3.63, 3.8) is 0 Å². The molecule has 1 rings (SSSR count). The molecule has 0 radical (unpaired) electrons. The average Bonchev–Trinajstić information content (AvgIpc) is 2.36. The van der Waals surface area contributed by atoms with Crippen LogP contribution in [0.25, 0.3) is 0 Å². The summed E-state index contributed by atoms with van der Waals surface area (Å²) >= 11 is 0. The first-order valence-electron chi connectivity index (χ1n) is 6.71. The lowest BCUT2D eigenvalue weighted by Gasteiger charge is -2.14. The van der Waals surface area contributed by atoms with Gasteiger partial charge in [0.25, 0.3) is 0 Å². The van der Waals surface area contributed by atoms with Gasteiger partial charge in [-0.2, -0.15) is 0 Å². The Labute approximate surface area is 116 Å². The summed E-state index contributed by atoms with van der Waals surface area (Å²) < 4.78 is 0. The van der Waals surface area contributed by atoms with Gasteiger partial charge in [0.2, 0.25) is 0 Å². The van der Waals surface area contributed by atoms with Crippen LogP contribution in [0.1, 0.15) is 26.5 Å². The number of hydrogen-bond acceptors (Lipinski definition) is 3. The van der Waals surface area contributed by atoms with Gasteiger partial charge in [0, 0.05) is 26.7 Å². The standard InChI is InChI=1S/C14H25N5/c1-6-15-14(17-11(2)3)16-10-12-8-7-9-13(18-12)19(4)5/h7-9,11H,6,10H2,1-5H3,(H2,15,16,17). The first-order chi connectivity index (χ1) is 9.02. The number of anilines is 1. The molecule has 0 aromatic carbocycles. The molecule has 0 saturated carbocycles. The molecule has 5 heteroatoms. The summed E-state index contributed by atoms with van der Waals surface area (Å²) in [4.78, 5) is 11.1. The van der Waals surface area contributed by atoms with Crippen LogP contribution in [0.15, 0.2) is 23.2 Å². The van der Waals surface area contributed by atoms with E-state index in [9.17, 15) is 0 Å². The molecule has 1 heterocycles. The number of rotatable bonds is 5. The van der Waals surface area contributed by atoms with Crippen LogP contribution >= 0.6 is 0 Å². The Kier molecular flexibility index (Phi) is 6.12. The maximum atomic E-state index is 4.55. The van der Waals surface area contributed by atoms with Crippen LogP contribution in [0.5, 0.6) is 0 Å². The molecule has 19 heavy (non-hydrogen) atoms. The lowest BCUT2D eigenvalue weighted by atomic mass is 10.3. The zero-order valence-corrected chi connectivity index (χ0v) is 12.6. The molecule has 0 atom stereocenters. The molecule has 0 bridgehead atoms. The van der Waals surface area contributed by atoms with Crippen LogP contribution < -0.4 is 15.5 Å². The third-order valence-electron chi connectivity index (χ3n) is 2.42. The highest BCUT2D eigenvalue weighted by molar-refractivity contribution is 5.79. The number of aromatic nitrogens is 1. The minimum atomic E-state index is 0.360. The van der Waals surface area contributed by atoms with Crippen molar-refractivity contribution in [3.8, 4) is 0 Å². The van der Waals surface area contributed by atoms with Gasteiger partial charge >= 0.3 is 0 Å². The van der Waals surface area contributed by atoms with Crippen LogP contribution in [0.4, 0.5) is 5.82 Å². The molecular weight excluding hydrogens is 238 g/mol. The highest BCUT2D eigenvalue weighted by Crippen LogP contribution is 2.08. The molecule has 0 aliphatic heterocycles. The fraction of sp³-hybridized carbons (Fsp3) is 0.571. The Morgan fingerprint density at radius 2 is 2.11 bits per heavy atom. The van der Waals surface area contributed by atoms with Crippen LogP contribution in [0, 0.1) is 0 Å². The Morgan fingerprint density at radius 1 is 1.37 bits per heavy atom. The normalized spacial score (nSPS) is 11.6. The fourth-order valence-electron chi connectivity index (χ4n) is 1.56. The third-order valence-corrected chi connectivity index (χ3v) is 2.42. The highest BCUT2D eigenvalue weighted by Gasteiger charge is 2.02. The average molecular weight is 263 g/mol. The van der Waals surface area contributed by atoms with Crippen molar-refractivity contribution in [2.24, 2.45) is 4.99 Å². The second-order valence-corrected chi connectivity index (χ2v) is 4.88. The smallest absolute Gasteiger partial charge is 0.191 e. The van der Waals surface area contributed by atoms with E-state index in [0.29, 0.717) is 12.6 Å². The molecule has 0 saturated heterocycles.